The minimum absolute atomic E-state index is 0.0175. The summed E-state index contributed by atoms with van der Waals surface area (Å²) < 4.78 is 11.0. The maximum absolute atomic E-state index is 14.9. The second kappa shape index (κ2) is 13.9. The van der Waals surface area contributed by atoms with Crippen LogP contribution in [0.25, 0.3) is 11.1 Å². The molecular weight excluding hydrogens is 590 g/mol. The highest BCUT2D eigenvalue weighted by Crippen LogP contribution is 2.42. The lowest BCUT2D eigenvalue weighted by atomic mass is 9.78. The summed E-state index contributed by atoms with van der Waals surface area (Å²) in [6.45, 7) is 7.54. The molecule has 0 bridgehead atoms. The van der Waals surface area contributed by atoms with Crippen molar-refractivity contribution in [1.82, 2.24) is 4.90 Å². The summed E-state index contributed by atoms with van der Waals surface area (Å²) in [6.07, 6.45) is 4.04. The maximum atomic E-state index is 14.9. The number of fused-ring (bicyclic) bond motifs is 1. The van der Waals surface area contributed by atoms with Gasteiger partial charge >= 0.3 is 6.09 Å². The van der Waals surface area contributed by atoms with Gasteiger partial charge in [0.25, 0.3) is 0 Å². The molecule has 0 aromatic heterocycles. The van der Waals surface area contributed by atoms with E-state index < -0.39 is 11.5 Å². The van der Waals surface area contributed by atoms with Crippen LogP contribution in [-0.4, -0.2) is 67.8 Å². The third-order valence-electron chi connectivity index (χ3n) is 9.43. The summed E-state index contributed by atoms with van der Waals surface area (Å²) in [4.78, 5) is 46.8. The third-order valence-corrected chi connectivity index (χ3v) is 9.43. The summed E-state index contributed by atoms with van der Waals surface area (Å²) in [6, 6.07) is 25.0. The molecule has 2 heterocycles. The summed E-state index contributed by atoms with van der Waals surface area (Å²) in [5.74, 6) is -0.410. The predicted octanol–water partition coefficient (Wildman–Crippen LogP) is 7.21. The number of nitrogens with zero attached hydrogens (tertiary/aromatic N) is 3. The molecule has 3 aromatic rings. The Labute approximate surface area is 278 Å². The quantitative estimate of drug-likeness (QED) is 0.232. The standard InChI is InChI=1S/C39H47N3O5/c1-39(2,3)47-38(45)40-22-20-33(30-13-8-12-29(24-30)27-10-6-5-7-11-27)34(26-40)37(44)42(31-17-18-31)32-16-14-28-15-19-36(43)41(35(28)25-32)21-9-23-46-4/h5-8,10-14,16,24-25,31,33-34H,9,15,17-23,26H2,1-4H3/t33-,34+/m1/s1. The molecule has 3 aromatic carbocycles. The topological polar surface area (TPSA) is 79.4 Å². The average Bonchev–Trinajstić information content (AvgIpc) is 3.90. The van der Waals surface area contributed by atoms with Crippen molar-refractivity contribution in [3.8, 4) is 11.1 Å². The first-order valence-electron chi connectivity index (χ1n) is 17.0. The molecule has 2 atom stereocenters. The van der Waals surface area contributed by atoms with E-state index in [1.165, 1.54) is 0 Å². The van der Waals surface area contributed by atoms with Crippen LogP contribution in [0, 0.1) is 5.92 Å². The van der Waals surface area contributed by atoms with Gasteiger partial charge in [-0.2, -0.15) is 0 Å². The third kappa shape index (κ3) is 7.54. The highest BCUT2D eigenvalue weighted by molar-refractivity contribution is 6.00. The van der Waals surface area contributed by atoms with E-state index in [0.717, 1.165) is 52.9 Å². The van der Waals surface area contributed by atoms with Crippen molar-refractivity contribution in [3.05, 3.63) is 83.9 Å². The molecule has 6 rings (SSSR count). The first kappa shape index (κ1) is 32.8. The van der Waals surface area contributed by atoms with Crippen molar-refractivity contribution in [3.63, 3.8) is 0 Å². The smallest absolute Gasteiger partial charge is 0.410 e. The van der Waals surface area contributed by atoms with Gasteiger partial charge in [0.1, 0.15) is 5.60 Å². The zero-order valence-electron chi connectivity index (χ0n) is 28.1. The molecule has 1 aliphatic carbocycles. The Hall–Kier alpha value is -4.17. The number of rotatable bonds is 9. The second-order valence-corrected chi connectivity index (χ2v) is 14.1. The van der Waals surface area contributed by atoms with Crippen LogP contribution >= 0.6 is 0 Å². The molecule has 3 aliphatic rings. The number of hydrogen-bond acceptors (Lipinski definition) is 5. The van der Waals surface area contributed by atoms with Gasteiger partial charge in [-0.3, -0.25) is 9.59 Å². The SMILES string of the molecule is COCCCN1C(=O)CCc2ccc(N(C(=O)[C@H]3CN(C(=O)OC(C)(C)C)CC[C@@H]3c3cccc(-c4ccccc4)c3)C3CC3)cc21. The number of methoxy groups -OCH3 is 1. The van der Waals surface area contributed by atoms with Gasteiger partial charge in [-0.25, -0.2) is 4.79 Å². The fourth-order valence-electron chi connectivity index (χ4n) is 6.99. The second-order valence-electron chi connectivity index (χ2n) is 14.1. The summed E-state index contributed by atoms with van der Waals surface area (Å²) in [7, 11) is 1.67. The van der Waals surface area contributed by atoms with Crippen LogP contribution in [0.4, 0.5) is 16.2 Å². The summed E-state index contributed by atoms with van der Waals surface area (Å²) in [5.41, 5.74) is 5.53. The van der Waals surface area contributed by atoms with E-state index in [0.29, 0.717) is 39.0 Å². The molecule has 2 aliphatic heterocycles. The molecule has 3 amide bonds. The van der Waals surface area contributed by atoms with Gasteiger partial charge in [0.05, 0.1) is 5.92 Å². The molecule has 2 fully saturated rings. The Morgan fingerprint density at radius 2 is 1.68 bits per heavy atom. The summed E-state index contributed by atoms with van der Waals surface area (Å²) in [5, 5.41) is 0. The number of benzene rings is 3. The van der Waals surface area contributed by atoms with E-state index in [2.05, 4.69) is 42.5 Å². The van der Waals surface area contributed by atoms with E-state index in [9.17, 15) is 14.4 Å². The zero-order valence-corrected chi connectivity index (χ0v) is 28.1. The van der Waals surface area contributed by atoms with Gasteiger partial charge in [-0.05, 0) is 93.2 Å². The van der Waals surface area contributed by atoms with Crippen LogP contribution in [0.3, 0.4) is 0 Å². The number of amides is 3. The van der Waals surface area contributed by atoms with Gasteiger partial charge < -0.3 is 24.2 Å². The number of carbonyl (C=O) groups excluding carboxylic acids is 3. The molecule has 8 nitrogen and oxygen atoms in total. The highest BCUT2D eigenvalue weighted by atomic mass is 16.6. The number of anilines is 2. The molecule has 1 saturated carbocycles. The normalized spacial score (nSPS) is 19.7. The van der Waals surface area contributed by atoms with E-state index >= 15 is 0 Å². The monoisotopic (exact) mass is 637 g/mol. The Bertz CT molecular complexity index is 1600. The van der Waals surface area contributed by atoms with E-state index in [4.69, 9.17) is 9.47 Å². The van der Waals surface area contributed by atoms with E-state index in [-0.39, 0.29) is 36.4 Å². The first-order chi connectivity index (χ1) is 22.6. The number of hydrogen-bond donors (Lipinski definition) is 0. The van der Waals surface area contributed by atoms with Gasteiger partial charge in [0.2, 0.25) is 11.8 Å². The molecule has 8 heteroatoms. The fraction of sp³-hybridized carbons (Fsp3) is 0.462. The molecule has 0 spiro atoms. The van der Waals surface area contributed by atoms with Crippen molar-refractivity contribution in [2.24, 2.45) is 5.92 Å². The highest BCUT2D eigenvalue weighted by Gasteiger charge is 2.44. The van der Waals surface area contributed by atoms with Crippen LogP contribution in [0.15, 0.2) is 72.8 Å². The van der Waals surface area contributed by atoms with E-state index in [1.807, 2.05) is 60.9 Å². The van der Waals surface area contributed by atoms with Gasteiger partial charge in [-0.15, -0.1) is 0 Å². The van der Waals surface area contributed by atoms with Gasteiger partial charge in [0.15, 0.2) is 0 Å². The van der Waals surface area contributed by atoms with Crippen molar-refractivity contribution in [2.75, 3.05) is 43.2 Å². The van der Waals surface area contributed by atoms with Crippen molar-refractivity contribution in [1.29, 1.82) is 0 Å². The van der Waals surface area contributed by atoms with Crippen LogP contribution in [0.5, 0.6) is 0 Å². The maximum Gasteiger partial charge on any atom is 0.410 e. The Morgan fingerprint density at radius 1 is 0.915 bits per heavy atom. The molecular formula is C39H47N3O5. The molecule has 1 saturated heterocycles. The molecule has 0 N–H and O–H groups in total. The number of ether oxygens (including phenoxy) is 2. The Morgan fingerprint density at radius 3 is 2.40 bits per heavy atom. The molecule has 47 heavy (non-hydrogen) atoms. The van der Waals surface area contributed by atoms with Crippen molar-refractivity contribution >= 4 is 29.3 Å². The van der Waals surface area contributed by atoms with Crippen LogP contribution in [-0.2, 0) is 25.5 Å². The largest absolute Gasteiger partial charge is 0.444 e. The number of piperidine rings is 1. The lowest BCUT2D eigenvalue weighted by Crippen LogP contribution is -2.51. The Kier molecular flexibility index (Phi) is 9.69. The Balaban J connectivity index is 1.35. The molecule has 248 valence electrons. The average molecular weight is 638 g/mol. The van der Waals surface area contributed by atoms with Crippen molar-refractivity contribution in [2.45, 2.75) is 76.9 Å². The molecule has 0 unspecified atom stereocenters. The summed E-state index contributed by atoms with van der Waals surface area (Å²) >= 11 is 0. The van der Waals surface area contributed by atoms with Crippen LogP contribution in [0.1, 0.15) is 69.9 Å². The lowest BCUT2D eigenvalue weighted by Gasteiger charge is -2.41. The molecule has 0 radical (unpaired) electrons. The fourth-order valence-corrected chi connectivity index (χ4v) is 6.99. The lowest BCUT2D eigenvalue weighted by molar-refractivity contribution is -0.124. The zero-order chi connectivity index (χ0) is 33.1. The van der Waals surface area contributed by atoms with Gasteiger partial charge in [0, 0.05) is 57.2 Å². The van der Waals surface area contributed by atoms with Crippen LogP contribution < -0.4 is 9.80 Å². The number of carbonyl (C=O) groups is 3. The van der Waals surface area contributed by atoms with Crippen LogP contribution in [0.2, 0.25) is 0 Å². The number of aryl methyl sites for hydroxylation is 1. The van der Waals surface area contributed by atoms with E-state index in [1.54, 1.807) is 12.0 Å². The number of likely N-dealkylation sites (tertiary alicyclic amines) is 1. The van der Waals surface area contributed by atoms with Crippen molar-refractivity contribution < 1.29 is 23.9 Å². The predicted molar refractivity (Wildman–Crippen MR) is 185 cm³/mol. The minimum atomic E-state index is -0.632. The van der Waals surface area contributed by atoms with Gasteiger partial charge in [-0.1, -0.05) is 60.7 Å². The first-order valence-corrected chi connectivity index (χ1v) is 17.0. The minimum Gasteiger partial charge on any atom is -0.444 e.